The van der Waals surface area contributed by atoms with Gasteiger partial charge < -0.3 is 14.6 Å². The smallest absolute Gasteiger partial charge is 0.300 e. The lowest BCUT2D eigenvalue weighted by Gasteiger charge is -2.26. The number of Topliss-reactive ketones (excluding diaryl/α,β-unsaturated/α-hetero) is 1. The first kappa shape index (κ1) is 23.4. The third kappa shape index (κ3) is 4.01. The van der Waals surface area contributed by atoms with Crippen molar-refractivity contribution in [3.63, 3.8) is 0 Å². The summed E-state index contributed by atoms with van der Waals surface area (Å²) in [6.45, 7) is 3.72. The predicted molar refractivity (Wildman–Crippen MR) is 132 cm³/mol. The van der Waals surface area contributed by atoms with Crippen LogP contribution in [0.4, 0.5) is 5.69 Å². The summed E-state index contributed by atoms with van der Waals surface area (Å²) in [4.78, 5) is 28.0. The number of halogens is 1. The number of ether oxygens (including phenoxy) is 2. The monoisotopic (exact) mass is 477 g/mol. The molecule has 3 aromatic carbocycles. The summed E-state index contributed by atoms with van der Waals surface area (Å²) in [6.07, 6.45) is 0. The topological polar surface area (TPSA) is 76.1 Å². The van der Waals surface area contributed by atoms with Crippen molar-refractivity contribution >= 4 is 34.7 Å². The predicted octanol–water partition coefficient (Wildman–Crippen LogP) is 5.60. The number of carbonyl (C=O) groups is 2. The van der Waals surface area contributed by atoms with Gasteiger partial charge >= 0.3 is 0 Å². The van der Waals surface area contributed by atoms with Gasteiger partial charge in [-0.3, -0.25) is 14.5 Å². The van der Waals surface area contributed by atoms with E-state index >= 15 is 0 Å². The number of ketones is 1. The zero-order valence-corrected chi connectivity index (χ0v) is 20.0. The Morgan fingerprint density at radius 2 is 1.65 bits per heavy atom. The molecule has 1 aliphatic rings. The summed E-state index contributed by atoms with van der Waals surface area (Å²) in [6, 6.07) is 16.6. The third-order valence-electron chi connectivity index (χ3n) is 5.92. The van der Waals surface area contributed by atoms with Crippen LogP contribution >= 0.6 is 11.6 Å². The molecule has 174 valence electrons. The zero-order valence-electron chi connectivity index (χ0n) is 19.3. The first-order valence-electron chi connectivity index (χ1n) is 10.6. The number of carbonyl (C=O) groups excluding carboxylic acids is 2. The number of aliphatic hydroxyl groups is 1. The molecule has 1 heterocycles. The Bertz CT molecular complexity index is 1310. The molecule has 1 aliphatic heterocycles. The van der Waals surface area contributed by atoms with E-state index in [1.807, 2.05) is 19.9 Å². The van der Waals surface area contributed by atoms with Crippen molar-refractivity contribution in [2.24, 2.45) is 0 Å². The molecule has 1 unspecified atom stereocenters. The van der Waals surface area contributed by atoms with Crippen LogP contribution in [0.25, 0.3) is 5.76 Å². The van der Waals surface area contributed by atoms with Crippen LogP contribution in [0, 0.1) is 13.8 Å². The van der Waals surface area contributed by atoms with Crippen molar-refractivity contribution in [2.45, 2.75) is 19.9 Å². The SMILES string of the molecule is COc1ccc(C2/C(=C(\O)c3cc(C)ccc3OC)C(=O)C(=O)N2c2ccc(C)c(Cl)c2)cc1. The van der Waals surface area contributed by atoms with Gasteiger partial charge in [0, 0.05) is 10.7 Å². The van der Waals surface area contributed by atoms with Crippen LogP contribution in [0.2, 0.25) is 5.02 Å². The van der Waals surface area contributed by atoms with E-state index in [4.69, 9.17) is 21.1 Å². The Balaban J connectivity index is 1.98. The summed E-state index contributed by atoms with van der Waals surface area (Å²) >= 11 is 6.34. The van der Waals surface area contributed by atoms with Gasteiger partial charge in [0.1, 0.15) is 17.3 Å². The van der Waals surface area contributed by atoms with E-state index in [9.17, 15) is 14.7 Å². The standard InChI is InChI=1S/C27H24ClNO5/c1-15-5-12-22(34-4)20(13-15)25(30)23-24(17-7-10-19(33-3)11-8-17)29(27(32)26(23)31)18-9-6-16(2)21(28)14-18/h5-14,24,30H,1-4H3/b25-23+. The van der Waals surface area contributed by atoms with Gasteiger partial charge in [-0.2, -0.15) is 0 Å². The van der Waals surface area contributed by atoms with E-state index in [0.717, 1.165) is 11.1 Å². The molecule has 0 bridgehead atoms. The maximum atomic E-state index is 13.3. The van der Waals surface area contributed by atoms with E-state index in [0.29, 0.717) is 33.3 Å². The molecule has 1 atom stereocenters. The average Bonchev–Trinajstić information content (AvgIpc) is 3.10. The lowest BCUT2D eigenvalue weighted by molar-refractivity contribution is -0.132. The van der Waals surface area contributed by atoms with Crippen molar-refractivity contribution in [3.05, 3.63) is 93.5 Å². The molecule has 34 heavy (non-hydrogen) atoms. The Hall–Kier alpha value is -3.77. The molecule has 6 nitrogen and oxygen atoms in total. The van der Waals surface area contributed by atoms with E-state index < -0.39 is 17.7 Å². The Morgan fingerprint density at radius 3 is 2.26 bits per heavy atom. The van der Waals surface area contributed by atoms with E-state index in [2.05, 4.69) is 0 Å². The Labute approximate surface area is 203 Å². The van der Waals surface area contributed by atoms with Crippen LogP contribution in [0.1, 0.15) is 28.3 Å². The van der Waals surface area contributed by atoms with Crippen LogP contribution in [0.15, 0.2) is 66.2 Å². The van der Waals surface area contributed by atoms with Gasteiger partial charge in [-0.05, 0) is 61.4 Å². The maximum Gasteiger partial charge on any atom is 0.300 e. The molecular weight excluding hydrogens is 454 g/mol. The normalized spacial score (nSPS) is 17.2. The number of methoxy groups -OCH3 is 2. The van der Waals surface area contributed by atoms with Crippen LogP contribution < -0.4 is 14.4 Å². The number of hydrogen-bond donors (Lipinski definition) is 1. The second-order valence-electron chi connectivity index (χ2n) is 8.08. The summed E-state index contributed by atoms with van der Waals surface area (Å²) < 4.78 is 10.7. The number of hydrogen-bond acceptors (Lipinski definition) is 5. The minimum Gasteiger partial charge on any atom is -0.507 e. The molecule has 0 spiro atoms. The van der Waals surface area contributed by atoms with Crippen LogP contribution in [0.3, 0.4) is 0 Å². The quantitative estimate of drug-likeness (QED) is 0.294. The number of anilines is 1. The molecule has 1 amide bonds. The van der Waals surface area contributed by atoms with E-state index in [1.165, 1.54) is 12.0 Å². The molecule has 0 saturated carbocycles. The molecule has 0 aliphatic carbocycles. The van der Waals surface area contributed by atoms with E-state index in [1.54, 1.807) is 61.7 Å². The first-order valence-corrected chi connectivity index (χ1v) is 11.0. The minimum atomic E-state index is -0.880. The number of amides is 1. The van der Waals surface area contributed by atoms with Crippen LogP contribution in [-0.2, 0) is 9.59 Å². The molecular formula is C27H24ClNO5. The molecule has 1 fully saturated rings. The molecule has 0 aromatic heterocycles. The molecule has 7 heteroatoms. The van der Waals surface area contributed by atoms with Crippen molar-refractivity contribution in [3.8, 4) is 11.5 Å². The lowest BCUT2D eigenvalue weighted by Crippen LogP contribution is -2.29. The fraction of sp³-hybridized carbons (Fsp3) is 0.185. The van der Waals surface area contributed by atoms with Gasteiger partial charge in [-0.25, -0.2) is 0 Å². The highest BCUT2D eigenvalue weighted by molar-refractivity contribution is 6.52. The Morgan fingerprint density at radius 1 is 0.941 bits per heavy atom. The highest BCUT2D eigenvalue weighted by Crippen LogP contribution is 2.44. The summed E-state index contributed by atoms with van der Waals surface area (Å²) in [5, 5.41) is 11.9. The van der Waals surface area contributed by atoms with Gasteiger partial charge in [-0.1, -0.05) is 41.4 Å². The maximum absolute atomic E-state index is 13.3. The summed E-state index contributed by atoms with van der Waals surface area (Å²) in [7, 11) is 3.04. The summed E-state index contributed by atoms with van der Waals surface area (Å²) in [5.74, 6) is -0.839. The van der Waals surface area contributed by atoms with E-state index in [-0.39, 0.29) is 11.3 Å². The van der Waals surface area contributed by atoms with Crippen LogP contribution in [0.5, 0.6) is 11.5 Å². The van der Waals surface area contributed by atoms with Gasteiger partial charge in [-0.15, -0.1) is 0 Å². The van der Waals surface area contributed by atoms with Crippen molar-refractivity contribution < 1.29 is 24.2 Å². The average molecular weight is 478 g/mol. The minimum absolute atomic E-state index is 0.0317. The zero-order chi connectivity index (χ0) is 24.6. The fourth-order valence-corrected chi connectivity index (χ4v) is 4.26. The highest BCUT2D eigenvalue weighted by atomic mass is 35.5. The number of rotatable bonds is 5. The largest absolute Gasteiger partial charge is 0.507 e. The Kier molecular flexibility index (Phi) is 6.35. The second kappa shape index (κ2) is 9.23. The molecule has 4 rings (SSSR count). The van der Waals surface area contributed by atoms with Gasteiger partial charge in [0.05, 0.1) is 31.4 Å². The second-order valence-corrected chi connectivity index (χ2v) is 8.49. The molecule has 0 radical (unpaired) electrons. The van der Waals surface area contributed by atoms with Crippen LogP contribution in [-0.4, -0.2) is 31.0 Å². The van der Waals surface area contributed by atoms with Crippen molar-refractivity contribution in [1.82, 2.24) is 0 Å². The number of aryl methyl sites for hydroxylation is 2. The highest BCUT2D eigenvalue weighted by Gasteiger charge is 2.47. The molecule has 3 aromatic rings. The van der Waals surface area contributed by atoms with Gasteiger partial charge in [0.2, 0.25) is 0 Å². The third-order valence-corrected chi connectivity index (χ3v) is 6.33. The summed E-state index contributed by atoms with van der Waals surface area (Å²) in [5.41, 5.74) is 3.09. The van der Waals surface area contributed by atoms with Gasteiger partial charge in [0.25, 0.3) is 11.7 Å². The molecule has 1 N–H and O–H groups in total. The lowest BCUT2D eigenvalue weighted by atomic mass is 9.94. The first-order chi connectivity index (χ1) is 16.3. The van der Waals surface area contributed by atoms with Crippen molar-refractivity contribution in [1.29, 1.82) is 0 Å². The van der Waals surface area contributed by atoms with Gasteiger partial charge in [0.15, 0.2) is 0 Å². The van der Waals surface area contributed by atoms with Crippen molar-refractivity contribution in [2.75, 3.05) is 19.1 Å². The number of aliphatic hydroxyl groups excluding tert-OH is 1. The fourth-order valence-electron chi connectivity index (χ4n) is 4.08. The number of nitrogens with zero attached hydrogens (tertiary/aromatic N) is 1. The molecule has 1 saturated heterocycles. The number of benzene rings is 3.